The van der Waals surface area contributed by atoms with Gasteiger partial charge < -0.3 is 10.2 Å². The summed E-state index contributed by atoms with van der Waals surface area (Å²) < 4.78 is 0. The molecule has 26 heavy (non-hydrogen) atoms. The van der Waals surface area contributed by atoms with Gasteiger partial charge in [-0.25, -0.2) is 0 Å². The number of carbonyl (C=O) groups is 1. The van der Waals surface area contributed by atoms with Crippen molar-refractivity contribution in [1.29, 1.82) is 0 Å². The molecule has 0 unspecified atom stereocenters. The van der Waals surface area contributed by atoms with Gasteiger partial charge in [0.25, 0.3) is 5.91 Å². The molecule has 0 spiro atoms. The molecule has 0 saturated carbocycles. The molecular weight excluding hydrogens is 322 g/mol. The van der Waals surface area contributed by atoms with Crippen LogP contribution in [0, 0.1) is 0 Å². The van der Waals surface area contributed by atoms with Crippen molar-refractivity contribution in [3.8, 4) is 0 Å². The Labute approximate surface area is 155 Å². The molecule has 4 nitrogen and oxygen atoms in total. The van der Waals surface area contributed by atoms with E-state index in [2.05, 4.69) is 45.5 Å². The molecule has 1 saturated heterocycles. The Morgan fingerprint density at radius 2 is 2.04 bits per heavy atom. The van der Waals surface area contributed by atoms with Crippen LogP contribution in [0.25, 0.3) is 0 Å². The number of amides is 1. The lowest BCUT2D eigenvalue weighted by Crippen LogP contribution is -2.34. The van der Waals surface area contributed by atoms with Gasteiger partial charge in [0.15, 0.2) is 0 Å². The maximum Gasteiger partial charge on any atom is 0.252 e. The largest absolute Gasteiger partial charge is 0.351 e. The number of hydrogen-bond donors (Lipinski definition) is 1. The van der Waals surface area contributed by atoms with Crippen LogP contribution in [0.15, 0.2) is 42.6 Å². The van der Waals surface area contributed by atoms with Crippen molar-refractivity contribution < 1.29 is 4.79 Å². The molecule has 1 N–H and O–H groups in total. The van der Waals surface area contributed by atoms with Crippen molar-refractivity contribution in [2.45, 2.75) is 38.0 Å². The quantitative estimate of drug-likeness (QED) is 0.902. The lowest BCUT2D eigenvalue weighted by atomic mass is 9.95. The molecule has 1 aliphatic carbocycles. The lowest BCUT2D eigenvalue weighted by molar-refractivity contribution is 0.0949. The van der Waals surface area contributed by atoms with E-state index in [9.17, 15) is 4.79 Å². The van der Waals surface area contributed by atoms with E-state index in [-0.39, 0.29) is 5.91 Å². The monoisotopic (exact) mass is 349 g/mol. The Hall–Kier alpha value is -2.20. The molecule has 2 aromatic rings. The fourth-order valence-corrected chi connectivity index (χ4v) is 4.17. The number of benzene rings is 1. The number of pyridine rings is 1. The van der Waals surface area contributed by atoms with E-state index >= 15 is 0 Å². The van der Waals surface area contributed by atoms with Crippen LogP contribution in [-0.2, 0) is 12.8 Å². The van der Waals surface area contributed by atoms with Crippen LogP contribution < -0.4 is 5.32 Å². The Morgan fingerprint density at radius 1 is 1.19 bits per heavy atom. The molecule has 1 amide bonds. The van der Waals surface area contributed by atoms with Crippen LogP contribution >= 0.6 is 0 Å². The molecule has 0 radical (unpaired) electrons. The molecule has 1 aliphatic heterocycles. The first-order valence-electron chi connectivity index (χ1n) is 9.83. The highest BCUT2D eigenvalue weighted by atomic mass is 16.1. The summed E-state index contributed by atoms with van der Waals surface area (Å²) in [5.74, 6) is 0.626. The zero-order valence-electron chi connectivity index (χ0n) is 15.3. The minimum absolute atomic E-state index is 0.00433. The van der Waals surface area contributed by atoms with E-state index in [0.29, 0.717) is 18.0 Å². The number of rotatable bonds is 5. The molecular formula is C22H27N3O. The van der Waals surface area contributed by atoms with Gasteiger partial charge in [-0.3, -0.25) is 9.78 Å². The van der Waals surface area contributed by atoms with E-state index < -0.39 is 0 Å². The highest BCUT2D eigenvalue weighted by Crippen LogP contribution is 2.26. The summed E-state index contributed by atoms with van der Waals surface area (Å²) in [6.07, 6.45) is 7.46. The van der Waals surface area contributed by atoms with Gasteiger partial charge in [-0.2, -0.15) is 0 Å². The third-order valence-corrected chi connectivity index (χ3v) is 5.69. The van der Waals surface area contributed by atoms with E-state index in [1.54, 1.807) is 6.20 Å². The van der Waals surface area contributed by atoms with Gasteiger partial charge in [-0.1, -0.05) is 30.3 Å². The Bertz CT molecular complexity index is 759. The van der Waals surface area contributed by atoms with Gasteiger partial charge in [0.1, 0.15) is 0 Å². The first-order valence-corrected chi connectivity index (χ1v) is 9.83. The van der Waals surface area contributed by atoms with Crippen LogP contribution in [0.2, 0.25) is 0 Å². The fraction of sp³-hybridized carbons (Fsp3) is 0.455. The van der Waals surface area contributed by atoms with E-state index in [0.717, 1.165) is 32.5 Å². The van der Waals surface area contributed by atoms with Crippen molar-refractivity contribution in [3.05, 3.63) is 65.0 Å². The summed E-state index contributed by atoms with van der Waals surface area (Å²) in [6, 6.07) is 12.8. The number of hydrogen-bond acceptors (Lipinski definition) is 3. The van der Waals surface area contributed by atoms with Crippen LogP contribution in [0.3, 0.4) is 0 Å². The topological polar surface area (TPSA) is 45.2 Å². The molecule has 1 aromatic carbocycles. The van der Waals surface area contributed by atoms with Gasteiger partial charge in [0, 0.05) is 31.5 Å². The number of fused-ring (bicyclic) bond motifs is 1. The Kier molecular flexibility index (Phi) is 5.30. The van der Waals surface area contributed by atoms with Gasteiger partial charge in [0.05, 0.1) is 5.56 Å². The Balaban J connectivity index is 1.25. The molecule has 1 atom stereocenters. The van der Waals surface area contributed by atoms with Gasteiger partial charge in [0.2, 0.25) is 0 Å². The summed E-state index contributed by atoms with van der Waals surface area (Å²) in [5, 5.41) is 3.07. The second-order valence-electron chi connectivity index (χ2n) is 7.49. The summed E-state index contributed by atoms with van der Waals surface area (Å²) in [5.41, 5.74) is 4.57. The number of carbonyl (C=O) groups excluding carboxylic acids is 1. The zero-order valence-corrected chi connectivity index (χ0v) is 15.3. The molecule has 0 bridgehead atoms. The number of nitrogens with zero attached hydrogens (tertiary/aromatic N) is 2. The zero-order chi connectivity index (χ0) is 17.8. The van der Waals surface area contributed by atoms with Gasteiger partial charge in [-0.05, 0) is 61.8 Å². The molecule has 4 heteroatoms. The minimum atomic E-state index is 0.00433. The predicted octanol–water partition coefficient (Wildman–Crippen LogP) is 3.18. The first kappa shape index (κ1) is 17.2. The lowest BCUT2D eigenvalue weighted by Gasteiger charge is -2.17. The standard InChI is InChI=1S/C22H27N3O/c26-22(20-14-18-8-4-5-9-21(18)24-15-20)23-11-13-25-12-10-19(16-25)17-6-2-1-3-7-17/h1-3,6-7,14-15,19H,4-5,8-13,16H2,(H,23,26)/t19-/m1/s1. The first-order chi connectivity index (χ1) is 12.8. The maximum atomic E-state index is 12.4. The number of likely N-dealkylation sites (tertiary alicyclic amines) is 1. The second-order valence-corrected chi connectivity index (χ2v) is 7.49. The average molecular weight is 349 g/mol. The highest BCUT2D eigenvalue weighted by Gasteiger charge is 2.23. The molecule has 4 rings (SSSR count). The summed E-state index contributed by atoms with van der Waals surface area (Å²) in [6.45, 7) is 3.79. The molecule has 1 aromatic heterocycles. The maximum absolute atomic E-state index is 12.4. The normalized spacial score (nSPS) is 19.9. The molecule has 2 heterocycles. The SMILES string of the molecule is O=C(NCCN1CC[C@@H](c2ccccc2)C1)c1cnc2c(c1)CCCC2. The van der Waals surface area contributed by atoms with Crippen molar-refractivity contribution in [3.63, 3.8) is 0 Å². The van der Waals surface area contributed by atoms with Crippen molar-refractivity contribution >= 4 is 5.91 Å². The van der Waals surface area contributed by atoms with Crippen LogP contribution in [0.5, 0.6) is 0 Å². The second kappa shape index (κ2) is 8.00. The van der Waals surface area contributed by atoms with Crippen molar-refractivity contribution in [2.24, 2.45) is 0 Å². The fourth-order valence-electron chi connectivity index (χ4n) is 4.17. The summed E-state index contributed by atoms with van der Waals surface area (Å²) in [7, 11) is 0. The van der Waals surface area contributed by atoms with Gasteiger partial charge >= 0.3 is 0 Å². The highest BCUT2D eigenvalue weighted by molar-refractivity contribution is 5.94. The number of aromatic nitrogens is 1. The average Bonchev–Trinajstić information content (AvgIpc) is 3.17. The number of aryl methyl sites for hydroxylation is 2. The van der Waals surface area contributed by atoms with E-state index in [4.69, 9.17) is 0 Å². The Morgan fingerprint density at radius 3 is 2.92 bits per heavy atom. The smallest absolute Gasteiger partial charge is 0.252 e. The van der Waals surface area contributed by atoms with Crippen LogP contribution in [-0.4, -0.2) is 42.0 Å². The molecule has 1 fully saturated rings. The molecule has 136 valence electrons. The summed E-state index contributed by atoms with van der Waals surface area (Å²) >= 11 is 0. The van der Waals surface area contributed by atoms with E-state index in [1.165, 1.54) is 36.1 Å². The van der Waals surface area contributed by atoms with Crippen LogP contribution in [0.4, 0.5) is 0 Å². The minimum Gasteiger partial charge on any atom is -0.351 e. The molecule has 2 aliphatic rings. The van der Waals surface area contributed by atoms with Crippen molar-refractivity contribution in [1.82, 2.24) is 15.2 Å². The summed E-state index contributed by atoms with van der Waals surface area (Å²) in [4.78, 5) is 19.4. The third-order valence-electron chi connectivity index (χ3n) is 5.69. The van der Waals surface area contributed by atoms with Crippen molar-refractivity contribution in [2.75, 3.05) is 26.2 Å². The van der Waals surface area contributed by atoms with Gasteiger partial charge in [-0.15, -0.1) is 0 Å². The number of nitrogens with one attached hydrogen (secondary N) is 1. The van der Waals surface area contributed by atoms with Crippen LogP contribution in [0.1, 0.15) is 52.4 Å². The predicted molar refractivity (Wildman–Crippen MR) is 103 cm³/mol. The van der Waals surface area contributed by atoms with E-state index in [1.807, 2.05) is 6.07 Å². The third kappa shape index (κ3) is 3.96.